The molecule has 0 aliphatic carbocycles. The molecule has 1 heterocycles. The van der Waals surface area contributed by atoms with Crippen LogP contribution in [0, 0.1) is 5.92 Å². The third-order valence-corrected chi connectivity index (χ3v) is 3.29. The largest absolute Gasteiger partial charge is 0.480 e. The highest BCUT2D eigenvalue weighted by atomic mass is 16.5. The SMILES string of the molecule is CCCC(CCN)CCC(=O)Nc1cccnc1OC. The summed E-state index contributed by atoms with van der Waals surface area (Å²) >= 11 is 0. The number of rotatable bonds is 9. The van der Waals surface area contributed by atoms with E-state index in [1.54, 1.807) is 18.3 Å². The Balaban J connectivity index is 2.46. The van der Waals surface area contributed by atoms with E-state index in [9.17, 15) is 4.79 Å². The van der Waals surface area contributed by atoms with E-state index < -0.39 is 0 Å². The van der Waals surface area contributed by atoms with Crippen LogP contribution < -0.4 is 15.8 Å². The first kappa shape index (κ1) is 16.4. The van der Waals surface area contributed by atoms with Crippen LogP contribution in [0.25, 0.3) is 0 Å². The molecule has 5 heteroatoms. The van der Waals surface area contributed by atoms with Gasteiger partial charge >= 0.3 is 0 Å². The molecule has 0 aliphatic rings. The number of carbonyl (C=O) groups excluding carboxylic acids is 1. The quantitative estimate of drug-likeness (QED) is 0.728. The molecule has 3 N–H and O–H groups in total. The predicted octanol–water partition coefficient (Wildman–Crippen LogP) is 2.57. The van der Waals surface area contributed by atoms with Crippen LogP contribution in [0.2, 0.25) is 0 Å². The molecule has 0 aromatic carbocycles. The third kappa shape index (κ3) is 5.57. The van der Waals surface area contributed by atoms with E-state index in [-0.39, 0.29) is 5.91 Å². The summed E-state index contributed by atoms with van der Waals surface area (Å²) in [5, 5.41) is 2.84. The molecule has 0 spiro atoms. The second kappa shape index (κ2) is 9.31. The fraction of sp³-hybridized carbons (Fsp3) is 0.600. The first-order chi connectivity index (χ1) is 9.71. The summed E-state index contributed by atoms with van der Waals surface area (Å²) in [6, 6.07) is 3.56. The van der Waals surface area contributed by atoms with Crippen molar-refractivity contribution in [2.75, 3.05) is 19.0 Å². The molecule has 1 aromatic rings. The zero-order valence-electron chi connectivity index (χ0n) is 12.4. The zero-order chi connectivity index (χ0) is 14.8. The van der Waals surface area contributed by atoms with E-state index in [4.69, 9.17) is 10.5 Å². The van der Waals surface area contributed by atoms with Crippen LogP contribution in [0.5, 0.6) is 5.88 Å². The van der Waals surface area contributed by atoms with Crippen molar-refractivity contribution < 1.29 is 9.53 Å². The van der Waals surface area contributed by atoms with E-state index in [0.717, 1.165) is 25.7 Å². The van der Waals surface area contributed by atoms with Gasteiger partial charge < -0.3 is 15.8 Å². The molecule has 0 bridgehead atoms. The Morgan fingerprint density at radius 3 is 2.90 bits per heavy atom. The van der Waals surface area contributed by atoms with Gasteiger partial charge in [0.15, 0.2) is 0 Å². The van der Waals surface area contributed by atoms with Crippen molar-refractivity contribution >= 4 is 11.6 Å². The molecule has 1 unspecified atom stereocenters. The van der Waals surface area contributed by atoms with Gasteiger partial charge in [-0.1, -0.05) is 19.8 Å². The lowest BCUT2D eigenvalue weighted by Crippen LogP contribution is -2.16. The van der Waals surface area contributed by atoms with E-state index in [1.165, 1.54) is 7.11 Å². The summed E-state index contributed by atoms with van der Waals surface area (Å²) in [6.45, 7) is 2.84. The lowest BCUT2D eigenvalue weighted by atomic mass is 9.94. The van der Waals surface area contributed by atoms with Crippen LogP contribution in [-0.2, 0) is 4.79 Å². The molecule has 20 heavy (non-hydrogen) atoms. The van der Waals surface area contributed by atoms with Gasteiger partial charge in [0.05, 0.1) is 7.11 Å². The molecule has 1 rings (SSSR count). The predicted molar refractivity (Wildman–Crippen MR) is 80.7 cm³/mol. The van der Waals surface area contributed by atoms with Gasteiger partial charge in [-0.15, -0.1) is 0 Å². The number of hydrogen-bond donors (Lipinski definition) is 2. The van der Waals surface area contributed by atoms with Gasteiger partial charge in [-0.05, 0) is 37.4 Å². The Morgan fingerprint density at radius 1 is 1.45 bits per heavy atom. The maximum Gasteiger partial charge on any atom is 0.237 e. The van der Waals surface area contributed by atoms with Gasteiger partial charge in [-0.3, -0.25) is 4.79 Å². The first-order valence-electron chi connectivity index (χ1n) is 7.20. The average molecular weight is 279 g/mol. The number of pyridine rings is 1. The van der Waals surface area contributed by atoms with Crippen molar-refractivity contribution in [2.24, 2.45) is 11.7 Å². The summed E-state index contributed by atoms with van der Waals surface area (Å²) in [5.41, 5.74) is 6.22. The maximum atomic E-state index is 12.0. The number of nitrogens with zero attached hydrogens (tertiary/aromatic N) is 1. The number of nitrogens with one attached hydrogen (secondary N) is 1. The fourth-order valence-corrected chi connectivity index (χ4v) is 2.27. The number of hydrogen-bond acceptors (Lipinski definition) is 4. The minimum atomic E-state index is -0.00516. The number of ether oxygens (including phenoxy) is 1. The van der Waals surface area contributed by atoms with E-state index >= 15 is 0 Å². The van der Waals surface area contributed by atoms with Crippen LogP contribution in [0.1, 0.15) is 39.0 Å². The molecule has 0 fully saturated rings. The lowest BCUT2D eigenvalue weighted by molar-refractivity contribution is -0.116. The summed E-state index contributed by atoms with van der Waals surface area (Å²) < 4.78 is 5.11. The number of amides is 1. The highest BCUT2D eigenvalue weighted by Gasteiger charge is 2.12. The molecule has 1 atom stereocenters. The molecule has 5 nitrogen and oxygen atoms in total. The average Bonchev–Trinajstić information content (AvgIpc) is 2.46. The van der Waals surface area contributed by atoms with Gasteiger partial charge in [-0.2, -0.15) is 0 Å². The van der Waals surface area contributed by atoms with E-state index in [2.05, 4.69) is 17.2 Å². The number of aromatic nitrogens is 1. The normalized spacial score (nSPS) is 11.9. The van der Waals surface area contributed by atoms with Gasteiger partial charge in [-0.25, -0.2) is 4.98 Å². The molecule has 0 aliphatic heterocycles. The van der Waals surface area contributed by atoms with Crippen LogP contribution in [-0.4, -0.2) is 24.5 Å². The Bertz CT molecular complexity index is 404. The van der Waals surface area contributed by atoms with Crippen molar-refractivity contribution in [3.8, 4) is 5.88 Å². The van der Waals surface area contributed by atoms with Crippen molar-refractivity contribution in [3.63, 3.8) is 0 Å². The van der Waals surface area contributed by atoms with E-state index in [1.807, 2.05) is 0 Å². The zero-order valence-corrected chi connectivity index (χ0v) is 12.4. The van der Waals surface area contributed by atoms with Crippen molar-refractivity contribution in [1.82, 2.24) is 4.98 Å². The Morgan fingerprint density at radius 2 is 2.25 bits per heavy atom. The Kier molecular flexibility index (Phi) is 7.65. The fourth-order valence-electron chi connectivity index (χ4n) is 2.27. The smallest absolute Gasteiger partial charge is 0.237 e. The number of methoxy groups -OCH3 is 1. The molecule has 112 valence electrons. The standard InChI is InChI=1S/C15H25N3O2/c1-3-5-12(9-10-16)7-8-14(19)18-13-6-4-11-17-15(13)20-2/h4,6,11-12H,3,5,7-10,16H2,1-2H3,(H,18,19). The first-order valence-corrected chi connectivity index (χ1v) is 7.20. The minimum Gasteiger partial charge on any atom is -0.480 e. The molecule has 0 saturated carbocycles. The van der Waals surface area contributed by atoms with Crippen LogP contribution >= 0.6 is 0 Å². The van der Waals surface area contributed by atoms with Crippen molar-refractivity contribution in [3.05, 3.63) is 18.3 Å². The molecular formula is C15H25N3O2. The van der Waals surface area contributed by atoms with Crippen molar-refractivity contribution in [1.29, 1.82) is 0 Å². The highest BCUT2D eigenvalue weighted by molar-refractivity contribution is 5.91. The monoisotopic (exact) mass is 279 g/mol. The summed E-state index contributed by atoms with van der Waals surface area (Å²) in [5.74, 6) is 0.967. The van der Waals surface area contributed by atoms with Gasteiger partial charge in [0, 0.05) is 12.6 Å². The second-order valence-corrected chi connectivity index (χ2v) is 4.88. The Labute approximate surface area is 120 Å². The van der Waals surface area contributed by atoms with E-state index in [0.29, 0.717) is 30.5 Å². The minimum absolute atomic E-state index is 0.00516. The Hall–Kier alpha value is -1.62. The van der Waals surface area contributed by atoms with Gasteiger partial charge in [0.1, 0.15) is 5.69 Å². The van der Waals surface area contributed by atoms with Crippen LogP contribution in [0.15, 0.2) is 18.3 Å². The van der Waals surface area contributed by atoms with Gasteiger partial charge in [0.2, 0.25) is 11.8 Å². The number of anilines is 1. The summed E-state index contributed by atoms with van der Waals surface area (Å²) in [6.07, 6.45) is 6.25. The molecule has 0 saturated heterocycles. The second-order valence-electron chi connectivity index (χ2n) is 4.88. The lowest BCUT2D eigenvalue weighted by Gasteiger charge is -2.15. The van der Waals surface area contributed by atoms with Crippen LogP contribution in [0.4, 0.5) is 5.69 Å². The molecule has 0 radical (unpaired) electrons. The maximum absolute atomic E-state index is 12.0. The van der Waals surface area contributed by atoms with Gasteiger partial charge in [0.25, 0.3) is 0 Å². The number of carbonyl (C=O) groups is 1. The summed E-state index contributed by atoms with van der Waals surface area (Å²) in [7, 11) is 1.54. The number of nitrogens with two attached hydrogens (primary N) is 1. The van der Waals surface area contributed by atoms with Crippen LogP contribution in [0.3, 0.4) is 0 Å². The highest BCUT2D eigenvalue weighted by Crippen LogP contribution is 2.21. The topological polar surface area (TPSA) is 77.2 Å². The molecule has 1 amide bonds. The van der Waals surface area contributed by atoms with Crippen molar-refractivity contribution in [2.45, 2.75) is 39.0 Å². The molecular weight excluding hydrogens is 254 g/mol. The summed E-state index contributed by atoms with van der Waals surface area (Å²) in [4.78, 5) is 16.0. The third-order valence-electron chi connectivity index (χ3n) is 3.29. The molecule has 1 aromatic heterocycles.